The predicted molar refractivity (Wildman–Crippen MR) is 135 cm³/mol. The number of aromatic nitrogens is 4. The number of carbonyl (C=O) groups is 1. The van der Waals surface area contributed by atoms with Crippen molar-refractivity contribution in [2.24, 2.45) is 0 Å². The second-order valence-corrected chi connectivity index (χ2v) is 8.06. The normalized spacial score (nSPS) is 11.8. The maximum absolute atomic E-state index is 13.0. The van der Waals surface area contributed by atoms with Crippen molar-refractivity contribution in [2.45, 2.75) is 18.4 Å². The number of benzene rings is 1. The van der Waals surface area contributed by atoms with Crippen LogP contribution < -0.4 is 15.4 Å². The Balaban J connectivity index is 1.75. The molecule has 6 radical (unpaired) electrons. The van der Waals surface area contributed by atoms with E-state index in [4.69, 9.17) is 28.3 Å². The van der Waals surface area contributed by atoms with Gasteiger partial charge in [0, 0.05) is 41.6 Å². The first-order valence-electron chi connectivity index (χ1n) is 10.7. The zero-order valence-corrected chi connectivity index (χ0v) is 19.6. The Hall–Kier alpha value is -4.09. The number of amides is 1. The molecule has 37 heavy (non-hydrogen) atoms. The van der Waals surface area contributed by atoms with Gasteiger partial charge in [-0.3, -0.25) is 9.78 Å². The zero-order chi connectivity index (χ0) is 27.0. The van der Waals surface area contributed by atoms with Gasteiger partial charge in [0.05, 0.1) is 0 Å². The summed E-state index contributed by atoms with van der Waals surface area (Å²) in [5.74, 6) is -0.464. The fraction of sp³-hybridized carbons (Fsp3) is 0.174. The molecule has 1 amide bonds. The average Bonchev–Trinajstić information content (AvgIpc) is 2.83. The Bertz CT molecular complexity index is 1500. The first-order chi connectivity index (χ1) is 17.3. The molecule has 0 aliphatic rings. The molecule has 14 heteroatoms. The molecule has 4 aromatic rings. The highest BCUT2D eigenvalue weighted by atomic mass is 19.4. The van der Waals surface area contributed by atoms with Crippen LogP contribution in [0.3, 0.4) is 0 Å². The van der Waals surface area contributed by atoms with E-state index >= 15 is 0 Å². The maximum Gasteiger partial charge on any atom is 0.433 e. The highest BCUT2D eigenvalue weighted by Gasteiger charge is 2.33. The van der Waals surface area contributed by atoms with Crippen LogP contribution in [0.25, 0.3) is 22.2 Å². The second-order valence-electron chi connectivity index (χ2n) is 8.06. The average molecular weight is 498 g/mol. The van der Waals surface area contributed by atoms with Crippen LogP contribution in [-0.4, -0.2) is 61.7 Å². The molecule has 0 saturated heterocycles. The van der Waals surface area contributed by atoms with Gasteiger partial charge in [-0.1, -0.05) is 6.07 Å². The molecule has 0 saturated carbocycles. The fourth-order valence-corrected chi connectivity index (χ4v) is 3.43. The minimum atomic E-state index is -4.69. The number of halogens is 3. The predicted octanol–water partition coefficient (Wildman–Crippen LogP) is 3.20. The lowest BCUT2D eigenvalue weighted by molar-refractivity contribution is -0.141. The van der Waals surface area contributed by atoms with E-state index in [1.54, 1.807) is 44.4 Å². The summed E-state index contributed by atoms with van der Waals surface area (Å²) in [6, 6.07) is 8.44. The van der Waals surface area contributed by atoms with Gasteiger partial charge in [0.1, 0.15) is 29.2 Å². The molecule has 180 valence electrons. The second kappa shape index (κ2) is 9.76. The maximum atomic E-state index is 13.0. The number of aryl methyl sites for hydroxylation is 1. The van der Waals surface area contributed by atoms with Gasteiger partial charge in [-0.15, -0.1) is 0 Å². The number of carbonyl (C=O) groups excluding carboxylic acids is 1. The van der Waals surface area contributed by atoms with Crippen molar-refractivity contribution >= 4 is 52.1 Å². The smallest absolute Gasteiger partial charge is 0.433 e. The number of hydrogen-bond acceptors (Lipinski definition) is 7. The van der Waals surface area contributed by atoms with Crippen molar-refractivity contribution in [3.8, 4) is 17.0 Å². The van der Waals surface area contributed by atoms with Gasteiger partial charge in [0.15, 0.2) is 5.65 Å². The molecule has 0 unspecified atom stereocenters. The number of rotatable bonds is 6. The number of anilines is 2. The van der Waals surface area contributed by atoms with Crippen molar-refractivity contribution in [2.75, 3.05) is 17.7 Å². The van der Waals surface area contributed by atoms with E-state index in [1.165, 1.54) is 6.07 Å². The minimum Gasteiger partial charge on any atom is -0.500 e. The van der Waals surface area contributed by atoms with Gasteiger partial charge in [0.25, 0.3) is 5.91 Å². The van der Waals surface area contributed by atoms with Crippen LogP contribution in [-0.2, 0) is 6.18 Å². The van der Waals surface area contributed by atoms with Crippen LogP contribution in [0, 0.1) is 6.92 Å². The Kier molecular flexibility index (Phi) is 6.85. The molecule has 3 heterocycles. The van der Waals surface area contributed by atoms with E-state index in [0.717, 1.165) is 11.8 Å². The van der Waals surface area contributed by atoms with Gasteiger partial charge in [-0.25, -0.2) is 4.98 Å². The number of pyridine rings is 2. The van der Waals surface area contributed by atoms with Crippen LogP contribution in [0.1, 0.15) is 21.6 Å². The Labute approximate surface area is 213 Å². The van der Waals surface area contributed by atoms with Gasteiger partial charge in [-0.05, 0) is 53.7 Å². The topological polar surface area (TPSA) is 102 Å². The highest BCUT2D eigenvalue weighted by Crippen LogP contribution is 2.36. The van der Waals surface area contributed by atoms with Crippen molar-refractivity contribution < 1.29 is 22.7 Å². The lowest BCUT2D eigenvalue weighted by Crippen LogP contribution is -2.38. The molecule has 0 atom stereocenters. The lowest BCUT2D eigenvalue weighted by atomic mass is 9.52. The lowest BCUT2D eigenvalue weighted by Gasteiger charge is -2.25. The summed E-state index contributed by atoms with van der Waals surface area (Å²) >= 11 is 0. The molecule has 4 rings (SSSR count). The zero-order valence-electron chi connectivity index (χ0n) is 19.6. The largest absolute Gasteiger partial charge is 0.500 e. The van der Waals surface area contributed by atoms with E-state index in [1.807, 2.05) is 0 Å². The third kappa shape index (κ3) is 6.01. The Morgan fingerprint density at radius 2 is 1.76 bits per heavy atom. The van der Waals surface area contributed by atoms with E-state index in [2.05, 4.69) is 30.6 Å². The first-order valence-corrected chi connectivity index (χ1v) is 10.7. The molecule has 2 N–H and O–H groups in total. The van der Waals surface area contributed by atoms with Crippen molar-refractivity contribution in [3.63, 3.8) is 0 Å². The number of nitrogens with zero attached hydrogens (tertiary/aromatic N) is 4. The molecule has 0 bridgehead atoms. The van der Waals surface area contributed by atoms with Crippen LogP contribution in [0.4, 0.5) is 24.8 Å². The molecule has 8 nitrogen and oxygen atoms in total. The summed E-state index contributed by atoms with van der Waals surface area (Å²) in [5.41, 5.74) is 0.900. The van der Waals surface area contributed by atoms with Crippen molar-refractivity contribution in [3.05, 3.63) is 65.6 Å². The summed E-state index contributed by atoms with van der Waals surface area (Å²) < 4.78 is 44.5. The van der Waals surface area contributed by atoms with E-state index in [9.17, 15) is 18.0 Å². The van der Waals surface area contributed by atoms with Crippen LogP contribution in [0.5, 0.6) is 5.88 Å². The Morgan fingerprint density at radius 1 is 1.00 bits per heavy atom. The molecular formula is C23H16B3F3N6O2. The molecule has 0 fully saturated rings. The molecule has 0 aliphatic carbocycles. The Morgan fingerprint density at radius 3 is 2.43 bits per heavy atom. The highest BCUT2D eigenvalue weighted by molar-refractivity contribution is 6.58. The monoisotopic (exact) mass is 498 g/mol. The first kappa shape index (κ1) is 26.0. The van der Waals surface area contributed by atoms with Crippen molar-refractivity contribution in [1.82, 2.24) is 19.9 Å². The van der Waals surface area contributed by atoms with Crippen molar-refractivity contribution in [1.29, 1.82) is 0 Å². The number of fused-ring (bicyclic) bond motifs is 1. The van der Waals surface area contributed by atoms with Gasteiger partial charge in [0.2, 0.25) is 11.8 Å². The standard InChI is InChI=1S/C23H16B3F3N6O2/c1-11-3-4-14(33-19(36)12-5-6-31-17(8-12)22(27,28)29)9-15(11)16-7-13-10-32-21(30-2)35-18(13)34-20(16)37-23(24,25)26/h3-10H,1-2H3,(H,33,36)(H,30,32,34,35). The molecule has 3 aromatic heterocycles. The molecule has 1 aromatic carbocycles. The minimum absolute atomic E-state index is 0.0312. The summed E-state index contributed by atoms with van der Waals surface area (Å²) in [5, 5.41) is 3.90. The van der Waals surface area contributed by atoms with E-state index in [-0.39, 0.29) is 17.1 Å². The third-order valence-electron chi connectivity index (χ3n) is 5.13. The molecule has 0 aliphatic heterocycles. The van der Waals surface area contributed by atoms with E-state index < -0.39 is 23.1 Å². The quantitative estimate of drug-likeness (QED) is 0.394. The number of nitrogens with one attached hydrogen (secondary N) is 2. The number of alkyl halides is 3. The van der Waals surface area contributed by atoms with Crippen LogP contribution in [0.15, 0.2) is 48.8 Å². The summed E-state index contributed by atoms with van der Waals surface area (Å²) in [7, 11) is 18.6. The van der Waals surface area contributed by atoms with Crippen LogP contribution >= 0.6 is 0 Å². The van der Waals surface area contributed by atoms with Crippen LogP contribution in [0.2, 0.25) is 0 Å². The summed E-state index contributed by atoms with van der Waals surface area (Å²) in [6.07, 6.45) is -2.21. The fourth-order valence-electron chi connectivity index (χ4n) is 3.43. The SMILES string of the molecule is [B]C([B])([B])Oc1nc2nc(NC)ncc2cc1-c1cc(NC(=O)c2ccnc(C(F)(F)F)c2)ccc1C. The molecular weight excluding hydrogens is 482 g/mol. The van der Waals surface area contributed by atoms with Gasteiger partial charge >= 0.3 is 6.18 Å². The number of hydrogen-bond donors (Lipinski definition) is 2. The van der Waals surface area contributed by atoms with Gasteiger partial charge < -0.3 is 15.4 Å². The summed E-state index contributed by atoms with van der Waals surface area (Å²) in [6.45, 7) is 1.80. The third-order valence-corrected chi connectivity index (χ3v) is 5.13. The van der Waals surface area contributed by atoms with Gasteiger partial charge in [-0.2, -0.15) is 23.1 Å². The molecule has 0 spiro atoms. The summed E-state index contributed by atoms with van der Waals surface area (Å²) in [4.78, 5) is 28.8. The van der Waals surface area contributed by atoms with E-state index in [0.29, 0.717) is 34.2 Å². The number of ether oxygens (including phenoxy) is 1.